The van der Waals surface area contributed by atoms with Crippen LogP contribution < -0.4 is 4.31 Å². The van der Waals surface area contributed by atoms with Crippen molar-refractivity contribution >= 4 is 15.8 Å². The first kappa shape index (κ1) is 17.0. The van der Waals surface area contributed by atoms with Crippen LogP contribution in [-0.2, 0) is 10.0 Å². The van der Waals surface area contributed by atoms with Crippen LogP contribution in [0.25, 0.3) is 0 Å². The van der Waals surface area contributed by atoms with Crippen molar-refractivity contribution in [3.63, 3.8) is 0 Å². The van der Waals surface area contributed by atoms with Gasteiger partial charge in [0.1, 0.15) is 10.7 Å². The lowest BCUT2D eigenvalue weighted by Gasteiger charge is -2.19. The number of anilines is 1. The number of nitriles is 1. The van der Waals surface area contributed by atoms with E-state index >= 15 is 0 Å². The van der Waals surface area contributed by atoms with Crippen LogP contribution in [0, 0.1) is 25.2 Å². The maximum atomic E-state index is 13.0. The van der Waals surface area contributed by atoms with E-state index in [2.05, 4.69) is 10.1 Å². The maximum absolute atomic E-state index is 13.0. The molecule has 2 rings (SSSR count). The second-order valence-electron chi connectivity index (χ2n) is 5.53. The molecule has 23 heavy (non-hydrogen) atoms. The van der Waals surface area contributed by atoms with Crippen molar-refractivity contribution in [2.75, 3.05) is 11.4 Å². The van der Waals surface area contributed by atoms with Gasteiger partial charge < -0.3 is 0 Å². The van der Waals surface area contributed by atoms with E-state index in [1.165, 1.54) is 25.4 Å². The van der Waals surface area contributed by atoms with Crippen LogP contribution in [0.2, 0.25) is 0 Å². The number of nitrogens with zero attached hydrogens (tertiary/aromatic N) is 5. The summed E-state index contributed by atoms with van der Waals surface area (Å²) in [6.07, 6.45) is 1.41. The minimum absolute atomic E-state index is 0.0583. The summed E-state index contributed by atoms with van der Waals surface area (Å²) in [6.45, 7) is 7.29. The molecule has 0 aromatic carbocycles. The van der Waals surface area contributed by atoms with E-state index in [0.29, 0.717) is 17.0 Å². The molecule has 2 aromatic heterocycles. The van der Waals surface area contributed by atoms with Gasteiger partial charge in [-0.1, -0.05) is 0 Å². The second-order valence-corrected chi connectivity index (χ2v) is 7.43. The summed E-state index contributed by atoms with van der Waals surface area (Å²) in [6, 6.07) is 5.00. The smallest absolute Gasteiger partial charge is 0.266 e. The Morgan fingerprint density at radius 3 is 2.52 bits per heavy atom. The lowest BCUT2D eigenvalue weighted by Crippen LogP contribution is -2.28. The number of aromatic nitrogens is 3. The molecule has 0 bridgehead atoms. The molecule has 0 aliphatic carbocycles. The molecule has 0 unspecified atom stereocenters. The van der Waals surface area contributed by atoms with Crippen LogP contribution in [0.15, 0.2) is 23.2 Å². The molecule has 0 saturated carbocycles. The Kier molecular flexibility index (Phi) is 4.43. The largest absolute Gasteiger partial charge is 0.268 e. The molecule has 7 nitrogen and oxygen atoms in total. The summed E-state index contributed by atoms with van der Waals surface area (Å²) in [5.74, 6) is 0.195. The highest BCUT2D eigenvalue weighted by molar-refractivity contribution is 7.92. The molecule has 0 atom stereocenters. The molecule has 2 heterocycles. The Morgan fingerprint density at radius 2 is 2.00 bits per heavy atom. The van der Waals surface area contributed by atoms with Gasteiger partial charge in [-0.3, -0.25) is 8.99 Å². The monoisotopic (exact) mass is 333 g/mol. The topological polar surface area (TPSA) is 91.9 Å². The number of rotatable bonds is 4. The lowest BCUT2D eigenvalue weighted by atomic mass is 10.3. The SMILES string of the molecule is Cc1nn(C(C)C)c(C)c1S(=O)(=O)N(C)c1cc(C#N)ccn1. The Bertz CT molecular complexity index is 878. The third kappa shape index (κ3) is 2.92. The Labute approximate surface area is 136 Å². The number of pyridine rings is 1. The van der Waals surface area contributed by atoms with Crippen LogP contribution in [0.3, 0.4) is 0 Å². The van der Waals surface area contributed by atoms with Gasteiger partial charge in [0, 0.05) is 19.3 Å². The highest BCUT2D eigenvalue weighted by Crippen LogP contribution is 2.27. The molecule has 0 aliphatic rings. The third-order valence-electron chi connectivity index (χ3n) is 3.56. The van der Waals surface area contributed by atoms with Crippen molar-refractivity contribution < 1.29 is 8.42 Å². The van der Waals surface area contributed by atoms with Gasteiger partial charge in [0.25, 0.3) is 10.0 Å². The third-order valence-corrected chi connectivity index (χ3v) is 5.58. The van der Waals surface area contributed by atoms with Crippen LogP contribution in [0.1, 0.15) is 36.8 Å². The van der Waals surface area contributed by atoms with Gasteiger partial charge in [0.05, 0.1) is 23.0 Å². The normalized spacial score (nSPS) is 11.5. The zero-order chi connectivity index (χ0) is 17.4. The number of aryl methyl sites for hydroxylation is 1. The van der Waals surface area contributed by atoms with Crippen LogP contribution in [0.5, 0.6) is 0 Å². The summed E-state index contributed by atoms with van der Waals surface area (Å²) in [7, 11) is -2.39. The summed E-state index contributed by atoms with van der Waals surface area (Å²) in [5, 5.41) is 13.3. The van der Waals surface area contributed by atoms with E-state index in [1.54, 1.807) is 18.5 Å². The first-order valence-electron chi connectivity index (χ1n) is 7.11. The first-order valence-corrected chi connectivity index (χ1v) is 8.55. The van der Waals surface area contributed by atoms with Crippen molar-refractivity contribution in [2.24, 2.45) is 0 Å². The quantitative estimate of drug-likeness (QED) is 0.855. The van der Waals surface area contributed by atoms with Gasteiger partial charge in [0.15, 0.2) is 0 Å². The zero-order valence-electron chi connectivity index (χ0n) is 13.8. The molecule has 0 fully saturated rings. The van der Waals surface area contributed by atoms with E-state index in [4.69, 9.17) is 5.26 Å². The minimum Gasteiger partial charge on any atom is -0.266 e. The predicted molar refractivity (Wildman–Crippen MR) is 86.6 cm³/mol. The highest BCUT2D eigenvalue weighted by Gasteiger charge is 2.30. The first-order chi connectivity index (χ1) is 10.7. The molecule has 0 amide bonds. The summed E-state index contributed by atoms with van der Waals surface area (Å²) >= 11 is 0. The summed E-state index contributed by atoms with van der Waals surface area (Å²) in [4.78, 5) is 4.23. The van der Waals surface area contributed by atoms with Crippen molar-refractivity contribution in [3.05, 3.63) is 35.3 Å². The van der Waals surface area contributed by atoms with Gasteiger partial charge in [-0.25, -0.2) is 13.4 Å². The molecule has 0 radical (unpaired) electrons. The molecular weight excluding hydrogens is 314 g/mol. The molecular formula is C15H19N5O2S. The Balaban J connectivity index is 2.56. The fourth-order valence-electron chi connectivity index (χ4n) is 2.44. The van der Waals surface area contributed by atoms with Gasteiger partial charge in [-0.15, -0.1) is 0 Å². The Hall–Kier alpha value is -2.40. The molecule has 0 spiro atoms. The summed E-state index contributed by atoms with van der Waals surface area (Å²) < 4.78 is 28.7. The second kappa shape index (κ2) is 6.01. The van der Waals surface area contributed by atoms with Crippen LogP contribution in [-0.4, -0.2) is 30.2 Å². The van der Waals surface area contributed by atoms with Crippen molar-refractivity contribution in [2.45, 2.75) is 38.6 Å². The van der Waals surface area contributed by atoms with E-state index in [1.807, 2.05) is 19.9 Å². The van der Waals surface area contributed by atoms with E-state index in [9.17, 15) is 8.42 Å². The summed E-state index contributed by atoms with van der Waals surface area (Å²) in [5.41, 5.74) is 1.38. The fourth-order valence-corrected chi connectivity index (χ4v) is 3.95. The molecule has 8 heteroatoms. The molecule has 0 N–H and O–H groups in total. The highest BCUT2D eigenvalue weighted by atomic mass is 32.2. The van der Waals surface area contributed by atoms with Crippen LogP contribution in [0.4, 0.5) is 5.82 Å². The maximum Gasteiger partial charge on any atom is 0.268 e. The average Bonchev–Trinajstić information content (AvgIpc) is 2.82. The van der Waals surface area contributed by atoms with Crippen molar-refractivity contribution in [3.8, 4) is 6.07 Å². The molecule has 122 valence electrons. The number of sulfonamides is 1. The van der Waals surface area contributed by atoms with Crippen LogP contribution >= 0.6 is 0 Å². The molecule has 0 aliphatic heterocycles. The van der Waals surface area contributed by atoms with Crippen molar-refractivity contribution in [1.82, 2.24) is 14.8 Å². The van der Waals surface area contributed by atoms with E-state index < -0.39 is 10.0 Å². The molecule has 0 saturated heterocycles. The van der Waals surface area contributed by atoms with Gasteiger partial charge >= 0.3 is 0 Å². The number of hydrogen-bond acceptors (Lipinski definition) is 5. The zero-order valence-corrected chi connectivity index (χ0v) is 14.6. The minimum atomic E-state index is -3.81. The van der Waals surface area contributed by atoms with E-state index in [0.717, 1.165) is 4.31 Å². The fraction of sp³-hybridized carbons (Fsp3) is 0.400. The lowest BCUT2D eigenvalue weighted by molar-refractivity contribution is 0.514. The average molecular weight is 333 g/mol. The van der Waals surface area contributed by atoms with Crippen molar-refractivity contribution in [1.29, 1.82) is 5.26 Å². The standard InChI is InChI=1S/C15H19N5O2S/c1-10(2)20-12(4)15(11(3)18-20)23(21,22)19(5)14-8-13(9-16)6-7-17-14/h6-8,10H,1-5H3. The van der Waals surface area contributed by atoms with E-state index in [-0.39, 0.29) is 16.8 Å². The number of hydrogen-bond donors (Lipinski definition) is 0. The van der Waals surface area contributed by atoms with Gasteiger partial charge in [-0.05, 0) is 39.8 Å². The van der Waals surface area contributed by atoms with Gasteiger partial charge in [0.2, 0.25) is 0 Å². The Morgan fingerprint density at radius 1 is 1.35 bits per heavy atom. The predicted octanol–water partition coefficient (Wildman–Crippen LogP) is 2.17. The van der Waals surface area contributed by atoms with Gasteiger partial charge in [-0.2, -0.15) is 10.4 Å². The molecule has 2 aromatic rings.